The molecular formula is C3Cl3KN3O3. The van der Waals surface area contributed by atoms with Crippen molar-refractivity contribution in [3.05, 3.63) is 31.5 Å². The minimum Gasteiger partial charge on any atom is -0.244 e. The quantitative estimate of drug-likeness (QED) is 0.557. The van der Waals surface area contributed by atoms with Crippen LogP contribution in [0.15, 0.2) is 14.4 Å². The van der Waals surface area contributed by atoms with E-state index in [0.29, 0.717) is 0 Å². The standard InChI is InChI=1S/C3Cl3N3O3.K/c4-7-1(10)8(5)3(12)9(6)2(7)11;. The fraction of sp³-hybridized carbons (Fsp3) is 0. The Morgan fingerprint density at radius 1 is 0.692 bits per heavy atom. The molecule has 1 heterocycles. The third-order valence-electron chi connectivity index (χ3n) is 1.01. The molecule has 0 aliphatic carbocycles. The van der Waals surface area contributed by atoms with Gasteiger partial charge in [-0.05, 0) is 0 Å². The van der Waals surface area contributed by atoms with Crippen molar-refractivity contribution in [1.29, 1.82) is 0 Å². The van der Waals surface area contributed by atoms with Crippen LogP contribution in [0.25, 0.3) is 0 Å². The summed E-state index contributed by atoms with van der Waals surface area (Å²) in [6.45, 7) is 0. The summed E-state index contributed by atoms with van der Waals surface area (Å²) in [6, 6.07) is 0. The first-order chi connectivity index (χ1) is 5.46. The van der Waals surface area contributed by atoms with Gasteiger partial charge in [0.1, 0.15) is 0 Å². The Morgan fingerprint density at radius 3 is 1.00 bits per heavy atom. The molecule has 0 saturated carbocycles. The summed E-state index contributed by atoms with van der Waals surface area (Å²) in [5.41, 5.74) is -3.49. The second kappa shape index (κ2) is 5.13. The van der Waals surface area contributed by atoms with Gasteiger partial charge in [-0.15, -0.1) is 12.3 Å². The second-order valence-corrected chi connectivity index (χ2v) is 2.70. The van der Waals surface area contributed by atoms with Gasteiger partial charge in [-0.1, -0.05) is 0 Å². The van der Waals surface area contributed by atoms with Gasteiger partial charge in [-0.2, -0.15) is 0 Å². The SMILES string of the molecule is O=c1n(Cl)c(=O)n(Cl)c(=O)n1Cl.[K]. The molecule has 0 spiro atoms. The third-order valence-corrected chi connectivity index (χ3v) is 1.88. The van der Waals surface area contributed by atoms with Crippen LogP contribution < -0.4 is 17.1 Å². The molecule has 0 unspecified atom stereocenters. The average molecular weight is 272 g/mol. The summed E-state index contributed by atoms with van der Waals surface area (Å²) < 4.78 is 0.254. The summed E-state index contributed by atoms with van der Waals surface area (Å²) in [4.78, 5) is 32.3. The molecule has 1 aromatic heterocycles. The topological polar surface area (TPSA) is 66.0 Å². The first-order valence-electron chi connectivity index (χ1n) is 2.46. The van der Waals surface area contributed by atoms with Crippen molar-refractivity contribution >= 4 is 86.7 Å². The second-order valence-electron chi connectivity index (χ2n) is 1.69. The molecule has 0 aromatic carbocycles. The van der Waals surface area contributed by atoms with Gasteiger partial charge in [0.2, 0.25) is 0 Å². The molecule has 1 rings (SSSR count). The van der Waals surface area contributed by atoms with Crippen molar-refractivity contribution in [2.45, 2.75) is 0 Å². The van der Waals surface area contributed by atoms with Crippen LogP contribution in [0.3, 0.4) is 0 Å². The predicted octanol–water partition coefficient (Wildman–Crippen LogP) is -1.20. The maximum atomic E-state index is 10.8. The van der Waals surface area contributed by atoms with Crippen molar-refractivity contribution in [2.75, 3.05) is 0 Å². The molecular weight excluding hydrogens is 272 g/mol. The molecule has 0 fully saturated rings. The molecule has 0 atom stereocenters. The Morgan fingerprint density at radius 2 is 0.846 bits per heavy atom. The van der Waals surface area contributed by atoms with Crippen LogP contribution in [-0.2, 0) is 0 Å². The van der Waals surface area contributed by atoms with Gasteiger partial charge >= 0.3 is 17.1 Å². The molecule has 0 amide bonds. The zero-order valence-electron chi connectivity index (χ0n) is 6.20. The van der Waals surface area contributed by atoms with Crippen LogP contribution in [-0.4, -0.2) is 63.6 Å². The molecule has 0 aliphatic rings. The molecule has 67 valence electrons. The average Bonchev–Trinajstić information content (AvgIpc) is 2.08. The van der Waals surface area contributed by atoms with Crippen LogP contribution in [0, 0.1) is 0 Å². The number of hydrogen-bond donors (Lipinski definition) is 0. The predicted molar refractivity (Wildman–Crippen MR) is 48.7 cm³/mol. The molecule has 0 N–H and O–H groups in total. The monoisotopic (exact) mass is 270 g/mol. The van der Waals surface area contributed by atoms with E-state index in [9.17, 15) is 14.4 Å². The molecule has 0 aliphatic heterocycles. The molecule has 10 heteroatoms. The minimum absolute atomic E-state index is 0. The first kappa shape index (κ1) is 13.9. The van der Waals surface area contributed by atoms with Gasteiger partial charge in [0.05, 0.1) is 0 Å². The van der Waals surface area contributed by atoms with Crippen LogP contribution in [0.4, 0.5) is 0 Å². The fourth-order valence-corrected chi connectivity index (χ4v) is 1.05. The Balaban J connectivity index is 0.00000144. The smallest absolute Gasteiger partial charge is 0.244 e. The van der Waals surface area contributed by atoms with E-state index in [1.165, 1.54) is 0 Å². The number of hydrogen-bond acceptors (Lipinski definition) is 3. The zero-order valence-corrected chi connectivity index (χ0v) is 11.6. The van der Waals surface area contributed by atoms with Crippen LogP contribution in [0.2, 0.25) is 0 Å². The molecule has 0 bridgehead atoms. The number of nitrogens with zero attached hydrogens (tertiary/aromatic N) is 3. The van der Waals surface area contributed by atoms with Gasteiger partial charge in [0.25, 0.3) is 0 Å². The number of aromatic nitrogens is 3. The van der Waals surface area contributed by atoms with Gasteiger partial charge in [-0.25, -0.2) is 14.4 Å². The van der Waals surface area contributed by atoms with Crippen molar-refractivity contribution in [1.82, 2.24) is 12.3 Å². The Bertz CT molecular complexity index is 386. The van der Waals surface area contributed by atoms with E-state index >= 15 is 0 Å². The minimum atomic E-state index is -1.16. The van der Waals surface area contributed by atoms with Crippen molar-refractivity contribution in [3.63, 3.8) is 0 Å². The van der Waals surface area contributed by atoms with Crippen molar-refractivity contribution in [3.8, 4) is 0 Å². The summed E-state index contributed by atoms with van der Waals surface area (Å²) in [5, 5.41) is 0. The van der Waals surface area contributed by atoms with Gasteiger partial charge in [0, 0.05) is 86.7 Å². The van der Waals surface area contributed by atoms with E-state index in [-0.39, 0.29) is 63.6 Å². The Labute approximate surface area is 128 Å². The van der Waals surface area contributed by atoms with E-state index in [2.05, 4.69) is 0 Å². The van der Waals surface area contributed by atoms with Crippen LogP contribution >= 0.6 is 35.3 Å². The molecule has 6 nitrogen and oxygen atoms in total. The zero-order chi connectivity index (χ0) is 9.46. The molecule has 0 saturated heterocycles. The third kappa shape index (κ3) is 2.48. The number of rotatable bonds is 0. The van der Waals surface area contributed by atoms with Gasteiger partial charge < -0.3 is 0 Å². The maximum Gasteiger partial charge on any atom is 0.366 e. The largest absolute Gasteiger partial charge is 0.366 e. The maximum absolute atomic E-state index is 10.8. The van der Waals surface area contributed by atoms with E-state index in [1.807, 2.05) is 0 Å². The van der Waals surface area contributed by atoms with Crippen LogP contribution in [0.5, 0.6) is 0 Å². The van der Waals surface area contributed by atoms with Gasteiger partial charge in [-0.3, -0.25) is 0 Å². The fourth-order valence-electron chi connectivity index (χ4n) is 0.477. The molecule has 1 radical (unpaired) electrons. The summed E-state index contributed by atoms with van der Waals surface area (Å²) >= 11 is 15.3. The first-order valence-corrected chi connectivity index (χ1v) is 3.48. The van der Waals surface area contributed by atoms with E-state index in [4.69, 9.17) is 35.3 Å². The Kier molecular flexibility index (Phi) is 5.49. The molecule has 1 aromatic rings. The summed E-state index contributed by atoms with van der Waals surface area (Å²) in [6.07, 6.45) is 0. The number of halogens is 3. The summed E-state index contributed by atoms with van der Waals surface area (Å²) in [5.74, 6) is 0. The summed E-state index contributed by atoms with van der Waals surface area (Å²) in [7, 11) is 0. The van der Waals surface area contributed by atoms with E-state index < -0.39 is 17.1 Å². The van der Waals surface area contributed by atoms with E-state index in [0.717, 1.165) is 0 Å². The molecule has 13 heavy (non-hydrogen) atoms. The Hall–Kier alpha value is 0.916. The van der Waals surface area contributed by atoms with Gasteiger partial charge in [0.15, 0.2) is 0 Å². The van der Waals surface area contributed by atoms with Crippen molar-refractivity contribution in [2.24, 2.45) is 0 Å². The van der Waals surface area contributed by atoms with Crippen LogP contribution in [0.1, 0.15) is 0 Å². The normalized spacial score (nSPS) is 9.46. The van der Waals surface area contributed by atoms with Crippen molar-refractivity contribution < 1.29 is 0 Å². The van der Waals surface area contributed by atoms with E-state index in [1.54, 1.807) is 0 Å².